The van der Waals surface area contributed by atoms with Gasteiger partial charge < -0.3 is 9.47 Å². The summed E-state index contributed by atoms with van der Waals surface area (Å²) in [5.41, 5.74) is 3.50. The summed E-state index contributed by atoms with van der Waals surface area (Å²) in [6, 6.07) is 5.14. The summed E-state index contributed by atoms with van der Waals surface area (Å²) in [5, 5.41) is 0. The van der Waals surface area contributed by atoms with E-state index in [-0.39, 0.29) is 12.4 Å². The van der Waals surface area contributed by atoms with Gasteiger partial charge in [0.25, 0.3) is 0 Å². The largest absolute Gasteiger partial charge is 0.432 e. The third-order valence-corrected chi connectivity index (χ3v) is 3.59. The molecule has 0 atom stereocenters. The van der Waals surface area contributed by atoms with Crippen LogP contribution in [-0.4, -0.2) is 13.2 Å². The van der Waals surface area contributed by atoms with Crippen LogP contribution in [0.25, 0.3) is 5.57 Å². The van der Waals surface area contributed by atoms with Crippen molar-refractivity contribution >= 4 is 5.57 Å². The van der Waals surface area contributed by atoms with Crippen LogP contribution in [0.3, 0.4) is 0 Å². The van der Waals surface area contributed by atoms with Crippen LogP contribution in [0.4, 0.5) is 8.78 Å². The summed E-state index contributed by atoms with van der Waals surface area (Å²) in [7, 11) is 1.52. The van der Waals surface area contributed by atoms with Crippen LogP contribution in [0.15, 0.2) is 72.9 Å². The van der Waals surface area contributed by atoms with Gasteiger partial charge >= 0.3 is 6.11 Å². The van der Waals surface area contributed by atoms with Crippen LogP contribution in [0.1, 0.15) is 38.3 Å². The Balaban J connectivity index is 3.38. The summed E-state index contributed by atoms with van der Waals surface area (Å²) in [4.78, 5) is 0. The molecule has 0 amide bonds. The number of ether oxygens (including phenoxy) is 2. The predicted molar refractivity (Wildman–Crippen MR) is 109 cm³/mol. The Hall–Kier alpha value is -2.46. The number of halogens is 2. The van der Waals surface area contributed by atoms with Crippen molar-refractivity contribution in [2.24, 2.45) is 0 Å². The molecule has 1 aromatic rings. The molecule has 27 heavy (non-hydrogen) atoms. The van der Waals surface area contributed by atoms with E-state index in [0.29, 0.717) is 5.56 Å². The molecule has 0 aromatic heterocycles. The molecule has 0 saturated carbocycles. The predicted octanol–water partition coefficient (Wildman–Crippen LogP) is 6.86. The van der Waals surface area contributed by atoms with E-state index in [2.05, 4.69) is 18.7 Å². The van der Waals surface area contributed by atoms with Gasteiger partial charge in [0.1, 0.15) is 5.75 Å². The topological polar surface area (TPSA) is 18.5 Å². The lowest BCUT2D eigenvalue weighted by Gasteiger charge is -2.17. The minimum atomic E-state index is -3.25. The molecule has 1 rings (SSSR count). The zero-order chi connectivity index (χ0) is 20.3. The molecule has 0 fully saturated rings. The lowest BCUT2D eigenvalue weighted by Crippen LogP contribution is -2.20. The van der Waals surface area contributed by atoms with Crippen molar-refractivity contribution in [3.05, 3.63) is 84.0 Å². The minimum Gasteiger partial charge on any atom is -0.432 e. The molecule has 0 aliphatic carbocycles. The van der Waals surface area contributed by atoms with E-state index in [9.17, 15) is 8.78 Å². The standard InChI is InChI=1S/C23H28F2O2/c1-6-9-12-18(10-7-2)15-19(11-8-3)20-13-14-22(27-23(4,24)25)21(16-20)17-26-5/h6-11,13-16H,2,12,17H2,1,3-5H3/b9-6+,11-8-,18-10+,19-15+. The van der Waals surface area contributed by atoms with Crippen molar-refractivity contribution in [1.82, 2.24) is 0 Å². The van der Waals surface area contributed by atoms with Gasteiger partial charge in [-0.15, -0.1) is 0 Å². The molecule has 0 N–H and O–H groups in total. The number of benzene rings is 1. The summed E-state index contributed by atoms with van der Waals surface area (Å²) in [6.45, 7) is 8.57. The number of alkyl halides is 2. The highest BCUT2D eigenvalue weighted by atomic mass is 19.3. The zero-order valence-corrected chi connectivity index (χ0v) is 16.5. The van der Waals surface area contributed by atoms with Gasteiger partial charge in [-0.2, -0.15) is 8.78 Å². The van der Waals surface area contributed by atoms with E-state index in [1.165, 1.54) is 7.11 Å². The molecule has 0 saturated heterocycles. The summed E-state index contributed by atoms with van der Waals surface area (Å²) in [6.07, 6.45) is 11.3. The SMILES string of the molecule is C=C/C=C(/C=C(\C=C/C)c1ccc(OC(C)(F)F)c(COC)c1)C/C=C/C. The van der Waals surface area contributed by atoms with Gasteiger partial charge in [0.15, 0.2) is 0 Å². The molecule has 0 aliphatic rings. The molecule has 0 heterocycles. The van der Waals surface area contributed by atoms with E-state index in [4.69, 9.17) is 9.47 Å². The Morgan fingerprint density at radius 1 is 1.22 bits per heavy atom. The Kier molecular flexibility index (Phi) is 9.45. The Morgan fingerprint density at radius 2 is 1.96 bits per heavy atom. The van der Waals surface area contributed by atoms with Crippen molar-refractivity contribution in [2.75, 3.05) is 7.11 Å². The number of methoxy groups -OCH3 is 1. The van der Waals surface area contributed by atoms with Crippen LogP contribution >= 0.6 is 0 Å². The molecule has 4 heteroatoms. The second-order valence-corrected chi connectivity index (χ2v) is 6.02. The third-order valence-electron chi connectivity index (χ3n) is 3.59. The molecule has 0 bridgehead atoms. The van der Waals surface area contributed by atoms with Gasteiger partial charge in [-0.1, -0.05) is 55.2 Å². The second kappa shape index (κ2) is 11.3. The normalized spacial score (nSPS) is 13.6. The average Bonchev–Trinajstić information content (AvgIpc) is 2.60. The lowest BCUT2D eigenvalue weighted by molar-refractivity contribution is -0.159. The van der Waals surface area contributed by atoms with Gasteiger partial charge in [-0.05, 0) is 49.1 Å². The van der Waals surface area contributed by atoms with Crippen LogP contribution in [0.5, 0.6) is 5.75 Å². The van der Waals surface area contributed by atoms with E-state index in [1.54, 1.807) is 18.2 Å². The first-order valence-corrected chi connectivity index (χ1v) is 8.80. The summed E-state index contributed by atoms with van der Waals surface area (Å²) < 4.78 is 36.5. The van der Waals surface area contributed by atoms with Crippen LogP contribution in [-0.2, 0) is 11.3 Å². The van der Waals surface area contributed by atoms with Gasteiger partial charge in [-0.3, -0.25) is 0 Å². The number of hydrogen-bond acceptors (Lipinski definition) is 2. The highest BCUT2D eigenvalue weighted by molar-refractivity contribution is 5.77. The van der Waals surface area contributed by atoms with Crippen LogP contribution < -0.4 is 4.74 Å². The molecule has 0 radical (unpaired) electrons. The highest BCUT2D eigenvalue weighted by Crippen LogP contribution is 2.30. The molecule has 0 spiro atoms. The fourth-order valence-electron chi connectivity index (χ4n) is 2.51. The minimum absolute atomic E-state index is 0.115. The second-order valence-electron chi connectivity index (χ2n) is 6.02. The Bertz CT molecular complexity index is 735. The van der Waals surface area contributed by atoms with Gasteiger partial charge in [0.05, 0.1) is 6.61 Å². The third kappa shape index (κ3) is 8.18. The van der Waals surface area contributed by atoms with Gasteiger partial charge in [0.2, 0.25) is 0 Å². The molecule has 146 valence electrons. The van der Waals surface area contributed by atoms with Crippen LogP contribution in [0, 0.1) is 0 Å². The smallest absolute Gasteiger partial charge is 0.394 e. The molecule has 2 nitrogen and oxygen atoms in total. The van der Waals surface area contributed by atoms with E-state index in [1.807, 2.05) is 44.2 Å². The van der Waals surface area contributed by atoms with Gasteiger partial charge in [-0.25, -0.2) is 0 Å². The first kappa shape index (κ1) is 22.6. The Morgan fingerprint density at radius 3 is 2.52 bits per heavy atom. The maximum atomic E-state index is 13.3. The summed E-state index contributed by atoms with van der Waals surface area (Å²) in [5.74, 6) is 0.115. The van der Waals surface area contributed by atoms with Gasteiger partial charge in [0, 0.05) is 19.6 Å². The fraction of sp³-hybridized carbons (Fsp3) is 0.304. The molecule has 0 unspecified atom stereocenters. The highest BCUT2D eigenvalue weighted by Gasteiger charge is 2.24. The van der Waals surface area contributed by atoms with E-state index < -0.39 is 6.11 Å². The lowest BCUT2D eigenvalue weighted by atomic mass is 9.98. The monoisotopic (exact) mass is 374 g/mol. The van der Waals surface area contributed by atoms with Crippen LogP contribution in [0.2, 0.25) is 0 Å². The number of hydrogen-bond donors (Lipinski definition) is 0. The average molecular weight is 374 g/mol. The molecule has 1 aromatic carbocycles. The fourth-order valence-corrected chi connectivity index (χ4v) is 2.51. The van der Waals surface area contributed by atoms with Crippen molar-refractivity contribution in [1.29, 1.82) is 0 Å². The van der Waals surface area contributed by atoms with E-state index >= 15 is 0 Å². The first-order valence-electron chi connectivity index (χ1n) is 8.80. The first-order chi connectivity index (χ1) is 12.8. The molecular formula is C23H28F2O2. The van der Waals surface area contributed by atoms with Crippen molar-refractivity contribution in [3.63, 3.8) is 0 Å². The maximum absolute atomic E-state index is 13.3. The number of rotatable bonds is 10. The van der Waals surface area contributed by atoms with Crippen molar-refractivity contribution < 1.29 is 18.3 Å². The zero-order valence-electron chi connectivity index (χ0n) is 16.5. The quantitative estimate of drug-likeness (QED) is 0.329. The molecular weight excluding hydrogens is 346 g/mol. The molecule has 0 aliphatic heterocycles. The van der Waals surface area contributed by atoms with Crippen molar-refractivity contribution in [3.8, 4) is 5.75 Å². The summed E-state index contributed by atoms with van der Waals surface area (Å²) >= 11 is 0. The maximum Gasteiger partial charge on any atom is 0.394 e. The number of allylic oxidation sites excluding steroid dienone is 9. The van der Waals surface area contributed by atoms with Crippen molar-refractivity contribution in [2.45, 2.75) is 39.9 Å². The Labute approximate surface area is 161 Å². The van der Waals surface area contributed by atoms with E-state index in [0.717, 1.165) is 30.1 Å².